The van der Waals surface area contributed by atoms with Gasteiger partial charge in [-0.05, 0) is 30.7 Å². The molecule has 19 heavy (non-hydrogen) atoms. The van der Waals surface area contributed by atoms with Crippen LogP contribution in [0.15, 0.2) is 41.0 Å². The zero-order valence-electron chi connectivity index (χ0n) is 10.5. The molecule has 5 nitrogen and oxygen atoms in total. The molecule has 0 bridgehead atoms. The van der Waals surface area contributed by atoms with Crippen LogP contribution in [0.3, 0.4) is 0 Å². The van der Waals surface area contributed by atoms with Crippen molar-refractivity contribution >= 4 is 11.8 Å². The predicted octanol–water partition coefficient (Wildman–Crippen LogP) is 1.62. The minimum Gasteiger partial charge on any atom is -0.469 e. The number of nitrogens with one attached hydrogen (secondary N) is 1. The first-order chi connectivity index (χ1) is 9.08. The summed E-state index contributed by atoms with van der Waals surface area (Å²) in [6.45, 7) is 2.05. The van der Waals surface area contributed by atoms with Crippen molar-refractivity contribution in [1.82, 2.24) is 5.32 Å². The van der Waals surface area contributed by atoms with Gasteiger partial charge < -0.3 is 15.5 Å². The molecule has 0 aliphatic rings. The minimum atomic E-state index is -0.487. The Hall–Kier alpha value is -2.56. The molecule has 3 N–H and O–H groups in total. The summed E-state index contributed by atoms with van der Waals surface area (Å²) in [5, 5.41) is 2.76. The van der Waals surface area contributed by atoms with Crippen LogP contribution in [0.1, 0.15) is 32.0 Å². The Bertz CT molecular complexity index is 617. The van der Waals surface area contributed by atoms with E-state index in [9.17, 15) is 9.59 Å². The number of benzene rings is 1. The highest BCUT2D eigenvalue weighted by atomic mass is 16.3. The number of primary amides is 1. The van der Waals surface area contributed by atoms with Crippen molar-refractivity contribution in [3.63, 3.8) is 0 Å². The highest BCUT2D eigenvalue weighted by molar-refractivity contribution is 5.95. The first kappa shape index (κ1) is 12.9. The van der Waals surface area contributed by atoms with Gasteiger partial charge in [0.2, 0.25) is 5.91 Å². The van der Waals surface area contributed by atoms with Crippen molar-refractivity contribution < 1.29 is 14.0 Å². The van der Waals surface area contributed by atoms with Gasteiger partial charge in [-0.2, -0.15) is 0 Å². The Labute approximate surface area is 110 Å². The average molecular weight is 258 g/mol. The van der Waals surface area contributed by atoms with E-state index < -0.39 is 5.91 Å². The minimum absolute atomic E-state index is 0.212. The van der Waals surface area contributed by atoms with Gasteiger partial charge in [-0.3, -0.25) is 9.59 Å². The van der Waals surface area contributed by atoms with Crippen molar-refractivity contribution in [3.8, 4) is 0 Å². The SMILES string of the molecule is Cc1occc1C(=O)NCc1cccc(C(N)=O)c1. The number of hydrogen-bond acceptors (Lipinski definition) is 3. The number of aryl methyl sites for hydroxylation is 1. The lowest BCUT2D eigenvalue weighted by atomic mass is 10.1. The van der Waals surface area contributed by atoms with E-state index in [0.717, 1.165) is 5.56 Å². The van der Waals surface area contributed by atoms with Crippen molar-refractivity contribution in [1.29, 1.82) is 0 Å². The Morgan fingerprint density at radius 3 is 2.74 bits per heavy atom. The molecule has 0 aliphatic carbocycles. The van der Waals surface area contributed by atoms with Crippen LogP contribution < -0.4 is 11.1 Å². The fourth-order valence-corrected chi connectivity index (χ4v) is 1.73. The lowest BCUT2D eigenvalue weighted by molar-refractivity contribution is 0.0948. The molecule has 0 aliphatic heterocycles. The Morgan fingerprint density at radius 2 is 2.11 bits per heavy atom. The molecular weight excluding hydrogens is 244 g/mol. The molecule has 0 fully saturated rings. The quantitative estimate of drug-likeness (QED) is 0.873. The van der Waals surface area contributed by atoms with Crippen LogP contribution in [-0.2, 0) is 6.54 Å². The van der Waals surface area contributed by atoms with Crippen molar-refractivity contribution in [2.24, 2.45) is 5.73 Å². The maximum Gasteiger partial charge on any atom is 0.255 e. The number of amides is 2. The number of carbonyl (C=O) groups excluding carboxylic acids is 2. The van der Waals surface area contributed by atoms with Gasteiger partial charge in [0.1, 0.15) is 5.76 Å². The van der Waals surface area contributed by atoms with Gasteiger partial charge in [-0.25, -0.2) is 0 Å². The number of carbonyl (C=O) groups is 2. The molecule has 0 atom stereocenters. The maximum atomic E-state index is 11.9. The van der Waals surface area contributed by atoms with Crippen LogP contribution in [0.25, 0.3) is 0 Å². The topological polar surface area (TPSA) is 85.3 Å². The van der Waals surface area contributed by atoms with Crippen LogP contribution in [0.4, 0.5) is 0 Å². The normalized spacial score (nSPS) is 10.2. The highest BCUT2D eigenvalue weighted by Gasteiger charge is 2.11. The first-order valence-electron chi connectivity index (χ1n) is 5.79. The number of furan rings is 1. The second kappa shape index (κ2) is 5.39. The molecule has 1 aromatic carbocycles. The van der Waals surface area contributed by atoms with E-state index in [1.54, 1.807) is 31.2 Å². The van der Waals surface area contributed by atoms with Crippen LogP contribution in [-0.4, -0.2) is 11.8 Å². The summed E-state index contributed by atoms with van der Waals surface area (Å²) in [6.07, 6.45) is 1.47. The number of nitrogens with two attached hydrogens (primary N) is 1. The molecule has 0 radical (unpaired) electrons. The Kier molecular flexibility index (Phi) is 3.66. The van der Waals surface area contributed by atoms with E-state index in [1.807, 2.05) is 6.07 Å². The van der Waals surface area contributed by atoms with E-state index in [2.05, 4.69) is 5.32 Å². The average Bonchev–Trinajstić information content (AvgIpc) is 2.82. The molecule has 5 heteroatoms. The van der Waals surface area contributed by atoms with E-state index in [-0.39, 0.29) is 5.91 Å². The van der Waals surface area contributed by atoms with Gasteiger partial charge in [0.25, 0.3) is 5.91 Å². The van der Waals surface area contributed by atoms with Crippen LogP contribution in [0.2, 0.25) is 0 Å². The number of hydrogen-bond donors (Lipinski definition) is 2. The zero-order chi connectivity index (χ0) is 13.8. The molecule has 2 aromatic rings. The third kappa shape index (κ3) is 3.01. The molecule has 0 spiro atoms. The third-order valence-electron chi connectivity index (χ3n) is 2.77. The molecule has 1 aromatic heterocycles. The van der Waals surface area contributed by atoms with Gasteiger partial charge in [0, 0.05) is 12.1 Å². The van der Waals surface area contributed by atoms with Crippen LogP contribution in [0, 0.1) is 6.92 Å². The number of rotatable bonds is 4. The van der Waals surface area contributed by atoms with Gasteiger partial charge in [-0.15, -0.1) is 0 Å². The lowest BCUT2D eigenvalue weighted by Crippen LogP contribution is -2.23. The predicted molar refractivity (Wildman–Crippen MR) is 69.6 cm³/mol. The van der Waals surface area contributed by atoms with E-state index in [4.69, 9.17) is 10.2 Å². The first-order valence-corrected chi connectivity index (χ1v) is 5.79. The standard InChI is InChI=1S/C14H14N2O3/c1-9-12(5-6-19-9)14(18)16-8-10-3-2-4-11(7-10)13(15)17/h2-7H,8H2,1H3,(H2,15,17)(H,16,18). The van der Waals surface area contributed by atoms with E-state index in [1.165, 1.54) is 6.26 Å². The second-order valence-electron chi connectivity index (χ2n) is 4.14. The maximum absolute atomic E-state index is 11.9. The molecule has 0 unspecified atom stereocenters. The molecule has 0 saturated heterocycles. The fraction of sp³-hybridized carbons (Fsp3) is 0.143. The van der Waals surface area contributed by atoms with Gasteiger partial charge in [0.15, 0.2) is 0 Å². The fourth-order valence-electron chi connectivity index (χ4n) is 1.73. The van der Waals surface area contributed by atoms with E-state index >= 15 is 0 Å². The van der Waals surface area contributed by atoms with E-state index in [0.29, 0.717) is 23.4 Å². The molecule has 2 amide bonds. The summed E-state index contributed by atoms with van der Waals surface area (Å²) in [7, 11) is 0. The monoisotopic (exact) mass is 258 g/mol. The highest BCUT2D eigenvalue weighted by Crippen LogP contribution is 2.09. The van der Waals surface area contributed by atoms with Crippen molar-refractivity contribution in [2.45, 2.75) is 13.5 Å². The molecular formula is C14H14N2O3. The summed E-state index contributed by atoms with van der Waals surface area (Å²) in [5.41, 5.74) is 6.94. The van der Waals surface area contributed by atoms with Gasteiger partial charge in [0.05, 0.1) is 11.8 Å². The lowest BCUT2D eigenvalue weighted by Gasteiger charge is -2.05. The molecule has 2 rings (SSSR count). The molecule has 1 heterocycles. The summed E-state index contributed by atoms with van der Waals surface area (Å²) < 4.78 is 5.07. The van der Waals surface area contributed by atoms with Gasteiger partial charge >= 0.3 is 0 Å². The Balaban J connectivity index is 2.03. The van der Waals surface area contributed by atoms with Crippen molar-refractivity contribution in [3.05, 3.63) is 59.0 Å². The smallest absolute Gasteiger partial charge is 0.255 e. The Morgan fingerprint density at radius 1 is 1.32 bits per heavy atom. The molecule has 98 valence electrons. The largest absolute Gasteiger partial charge is 0.469 e. The zero-order valence-corrected chi connectivity index (χ0v) is 10.5. The summed E-state index contributed by atoms with van der Waals surface area (Å²) in [4.78, 5) is 22.9. The van der Waals surface area contributed by atoms with Crippen LogP contribution in [0.5, 0.6) is 0 Å². The summed E-state index contributed by atoms with van der Waals surface area (Å²) >= 11 is 0. The third-order valence-corrected chi connectivity index (χ3v) is 2.77. The summed E-state index contributed by atoms with van der Waals surface area (Å²) in [6, 6.07) is 8.45. The summed E-state index contributed by atoms with van der Waals surface area (Å²) in [5.74, 6) is -0.127. The molecule has 0 saturated carbocycles. The second-order valence-corrected chi connectivity index (χ2v) is 4.14. The van der Waals surface area contributed by atoms with Gasteiger partial charge in [-0.1, -0.05) is 12.1 Å². The van der Waals surface area contributed by atoms with Crippen molar-refractivity contribution in [2.75, 3.05) is 0 Å². The van der Waals surface area contributed by atoms with Crippen LogP contribution >= 0.6 is 0 Å².